The molecule has 2 rings (SSSR count). The molecule has 1 aliphatic rings. The number of thioether (sulfide) groups is 1. The molecule has 0 saturated heterocycles. The monoisotopic (exact) mass is 213 g/mol. The minimum atomic E-state index is -0.662. The van der Waals surface area contributed by atoms with E-state index in [0.717, 1.165) is 10.5 Å². The largest absolute Gasteiger partial charge is 0.412 e. The van der Waals surface area contributed by atoms with Gasteiger partial charge in [0.05, 0.1) is 0 Å². The summed E-state index contributed by atoms with van der Waals surface area (Å²) in [5, 5.41) is 21.4. The number of benzene rings is 1. The van der Waals surface area contributed by atoms with Crippen LogP contribution >= 0.6 is 11.8 Å². The number of hydrogen-bond acceptors (Lipinski definition) is 4. The van der Waals surface area contributed by atoms with Gasteiger partial charge >= 0.3 is 0 Å². The number of aliphatic hydroxyl groups excluding tert-OH is 1. The molecule has 5 heteroatoms. The van der Waals surface area contributed by atoms with Crippen molar-refractivity contribution in [1.29, 1.82) is 0 Å². The van der Waals surface area contributed by atoms with E-state index in [-0.39, 0.29) is 5.48 Å². The van der Waals surface area contributed by atoms with Crippen LogP contribution in [0.4, 0.5) is 0 Å². The zero-order chi connectivity index (χ0) is 9.26. The Kier molecular flexibility index (Phi) is 3.51. The summed E-state index contributed by atoms with van der Waals surface area (Å²) < 4.78 is 0. The average Bonchev–Trinajstić information content (AvgIpc) is 2.18. The van der Waals surface area contributed by atoms with Gasteiger partial charge in [-0.25, -0.2) is 0 Å². The van der Waals surface area contributed by atoms with Gasteiger partial charge in [-0.3, -0.25) is 0 Å². The van der Waals surface area contributed by atoms with Crippen LogP contribution in [0.3, 0.4) is 0 Å². The number of hydrogen-bond donors (Lipinski definition) is 2. The molecule has 0 fully saturated rings. The molecular weight excluding hydrogens is 202 g/mol. The van der Waals surface area contributed by atoms with E-state index in [1.165, 1.54) is 0 Å². The molecule has 4 nitrogen and oxygen atoms in total. The van der Waals surface area contributed by atoms with Gasteiger partial charge in [0.25, 0.3) is 0 Å². The van der Waals surface area contributed by atoms with E-state index >= 15 is 0 Å². The summed E-state index contributed by atoms with van der Waals surface area (Å²) in [6.07, 6.45) is -0.662. The van der Waals surface area contributed by atoms with Crippen LogP contribution in [0.15, 0.2) is 34.3 Å². The number of fused-ring (bicyclic) bond motifs is 1. The topological polar surface area (TPSA) is 84.3 Å². The predicted octanol–water partition coefficient (Wildman–Crippen LogP) is 0.507. The molecule has 1 unspecified atom stereocenters. The number of rotatable bonds is 0. The van der Waals surface area contributed by atoms with Crippen molar-refractivity contribution in [3.63, 3.8) is 0 Å². The van der Waals surface area contributed by atoms with E-state index < -0.39 is 6.10 Å². The fourth-order valence-corrected chi connectivity index (χ4v) is 2.35. The second-order valence-electron chi connectivity index (χ2n) is 2.81. The highest BCUT2D eigenvalue weighted by molar-refractivity contribution is 7.99. The van der Waals surface area contributed by atoms with Crippen molar-refractivity contribution in [2.24, 2.45) is 5.16 Å². The summed E-state index contributed by atoms with van der Waals surface area (Å²) in [5.41, 5.74) is 1.20. The molecule has 0 amide bonds. The molecule has 0 bridgehead atoms. The van der Waals surface area contributed by atoms with E-state index in [1.54, 1.807) is 11.8 Å². The minimum Gasteiger partial charge on any atom is -0.412 e. The van der Waals surface area contributed by atoms with Crippen LogP contribution in [-0.2, 0) is 0 Å². The van der Waals surface area contributed by atoms with Crippen LogP contribution < -0.4 is 0 Å². The standard InChI is InChI=1S/C9H9NO2S.H2O/c11-7-5-13-8-4-2-1-3-6(8)9(7)10-12;/h1-4,7,11-12H,5H2;1H2. The van der Waals surface area contributed by atoms with E-state index in [2.05, 4.69) is 5.16 Å². The maximum absolute atomic E-state index is 9.50. The first-order valence-corrected chi connectivity index (χ1v) is 4.93. The maximum Gasteiger partial charge on any atom is 0.117 e. The number of aliphatic hydroxyl groups is 1. The van der Waals surface area contributed by atoms with Crippen LogP contribution in [0.5, 0.6) is 0 Å². The Morgan fingerprint density at radius 3 is 2.79 bits per heavy atom. The minimum absolute atomic E-state index is 0. The predicted molar refractivity (Wildman–Crippen MR) is 55.1 cm³/mol. The van der Waals surface area contributed by atoms with Crippen molar-refractivity contribution in [1.82, 2.24) is 0 Å². The van der Waals surface area contributed by atoms with Crippen LogP contribution in [-0.4, -0.2) is 33.4 Å². The third-order valence-corrected chi connectivity index (χ3v) is 3.13. The summed E-state index contributed by atoms with van der Waals surface area (Å²) in [5.74, 6) is 0.552. The highest BCUT2D eigenvalue weighted by Gasteiger charge is 2.23. The first-order valence-electron chi connectivity index (χ1n) is 3.95. The van der Waals surface area contributed by atoms with Gasteiger partial charge in [-0.05, 0) is 6.07 Å². The molecule has 1 heterocycles. The molecule has 1 atom stereocenters. The molecule has 0 aliphatic carbocycles. The van der Waals surface area contributed by atoms with Gasteiger partial charge in [-0.1, -0.05) is 23.4 Å². The lowest BCUT2D eigenvalue weighted by Gasteiger charge is -2.20. The van der Waals surface area contributed by atoms with Gasteiger partial charge < -0.3 is 15.8 Å². The molecule has 1 aromatic carbocycles. The maximum atomic E-state index is 9.50. The summed E-state index contributed by atoms with van der Waals surface area (Å²) >= 11 is 1.57. The van der Waals surface area contributed by atoms with Gasteiger partial charge in [0.15, 0.2) is 0 Å². The Balaban J connectivity index is 0.000000980. The van der Waals surface area contributed by atoms with Gasteiger partial charge in [-0.15, -0.1) is 11.8 Å². The summed E-state index contributed by atoms with van der Waals surface area (Å²) in [6, 6.07) is 7.60. The van der Waals surface area contributed by atoms with Gasteiger partial charge in [0.2, 0.25) is 0 Å². The van der Waals surface area contributed by atoms with E-state index in [4.69, 9.17) is 5.21 Å². The lowest BCUT2D eigenvalue weighted by atomic mass is 10.1. The zero-order valence-electron chi connectivity index (χ0n) is 7.34. The highest BCUT2D eigenvalue weighted by Crippen LogP contribution is 2.29. The zero-order valence-corrected chi connectivity index (χ0v) is 8.16. The molecule has 0 radical (unpaired) electrons. The fraction of sp³-hybridized carbons (Fsp3) is 0.222. The van der Waals surface area contributed by atoms with Crippen LogP contribution in [0, 0.1) is 0 Å². The summed E-state index contributed by atoms with van der Waals surface area (Å²) in [7, 11) is 0. The van der Waals surface area contributed by atoms with Gasteiger partial charge in [0, 0.05) is 16.2 Å². The third-order valence-electron chi connectivity index (χ3n) is 1.98. The first-order chi connectivity index (χ1) is 6.33. The van der Waals surface area contributed by atoms with Gasteiger partial charge in [-0.2, -0.15) is 0 Å². The van der Waals surface area contributed by atoms with E-state index in [9.17, 15) is 5.11 Å². The van der Waals surface area contributed by atoms with E-state index in [0.29, 0.717) is 11.5 Å². The molecule has 1 aromatic rings. The Hall–Kier alpha value is -1.04. The Morgan fingerprint density at radius 1 is 1.36 bits per heavy atom. The van der Waals surface area contributed by atoms with Crippen molar-refractivity contribution in [2.45, 2.75) is 11.0 Å². The van der Waals surface area contributed by atoms with E-state index in [1.807, 2.05) is 24.3 Å². The smallest absolute Gasteiger partial charge is 0.117 e. The SMILES string of the molecule is O.ON=C1c2ccccc2SCC1O. The first kappa shape index (κ1) is 11.0. The fourth-order valence-electron chi connectivity index (χ4n) is 1.35. The number of nitrogens with zero attached hydrogens (tertiary/aromatic N) is 1. The molecule has 0 aromatic heterocycles. The Bertz CT molecular complexity index is 354. The third kappa shape index (κ3) is 1.75. The number of oxime groups is 1. The quantitative estimate of drug-likeness (QED) is 0.486. The lowest BCUT2D eigenvalue weighted by molar-refractivity contribution is 0.251. The molecule has 14 heavy (non-hydrogen) atoms. The molecule has 76 valence electrons. The molecule has 1 aliphatic heterocycles. The van der Waals surface area contributed by atoms with Crippen molar-refractivity contribution >= 4 is 17.5 Å². The van der Waals surface area contributed by atoms with Crippen molar-refractivity contribution in [3.8, 4) is 0 Å². The second kappa shape index (κ2) is 4.45. The lowest BCUT2D eigenvalue weighted by Crippen LogP contribution is -2.28. The summed E-state index contributed by atoms with van der Waals surface area (Å²) in [4.78, 5) is 1.06. The van der Waals surface area contributed by atoms with Crippen molar-refractivity contribution in [2.75, 3.05) is 5.75 Å². The average molecular weight is 213 g/mol. The Morgan fingerprint density at radius 2 is 2.07 bits per heavy atom. The van der Waals surface area contributed by atoms with Crippen molar-refractivity contribution in [3.05, 3.63) is 29.8 Å². The normalized spacial score (nSPS) is 22.6. The van der Waals surface area contributed by atoms with Crippen LogP contribution in [0.25, 0.3) is 0 Å². The molecule has 0 saturated carbocycles. The molecule has 0 spiro atoms. The van der Waals surface area contributed by atoms with Gasteiger partial charge in [0.1, 0.15) is 11.8 Å². The molecular formula is C9H11NO3S. The Labute approximate surface area is 85.6 Å². The second-order valence-corrected chi connectivity index (χ2v) is 3.87. The summed E-state index contributed by atoms with van der Waals surface area (Å²) in [6.45, 7) is 0. The van der Waals surface area contributed by atoms with Crippen LogP contribution in [0.1, 0.15) is 5.56 Å². The highest BCUT2D eigenvalue weighted by atomic mass is 32.2. The van der Waals surface area contributed by atoms with Crippen molar-refractivity contribution < 1.29 is 15.8 Å². The van der Waals surface area contributed by atoms with Crippen LogP contribution in [0.2, 0.25) is 0 Å². The molecule has 4 N–H and O–H groups in total.